The summed E-state index contributed by atoms with van der Waals surface area (Å²) in [5, 5.41) is 2.92. The highest BCUT2D eigenvalue weighted by atomic mass is 16.2. The lowest BCUT2D eigenvalue weighted by Gasteiger charge is -2.32. The molecule has 1 saturated heterocycles. The summed E-state index contributed by atoms with van der Waals surface area (Å²) in [7, 11) is 0. The number of nitrogens with two attached hydrogens (primary N) is 1. The van der Waals surface area contributed by atoms with Gasteiger partial charge in [-0.15, -0.1) is 0 Å². The maximum absolute atomic E-state index is 11.9. The minimum Gasteiger partial charge on any atom is -0.355 e. The minimum atomic E-state index is -0.247. The Morgan fingerprint density at radius 1 is 1.61 bits per heavy atom. The summed E-state index contributed by atoms with van der Waals surface area (Å²) in [6.07, 6.45) is 4.54. The number of hydrogen-bond donors (Lipinski definition) is 2. The topological polar surface area (TPSA) is 71.2 Å². The van der Waals surface area contributed by atoms with Crippen LogP contribution in [0, 0.1) is 0 Å². The van der Waals surface area contributed by atoms with Crippen molar-refractivity contribution in [2.75, 3.05) is 13.1 Å². The Bertz CT molecular complexity index is 395. The van der Waals surface area contributed by atoms with Crippen LogP contribution in [0.25, 0.3) is 0 Å². The van der Waals surface area contributed by atoms with Gasteiger partial charge in [0.2, 0.25) is 5.91 Å². The molecule has 0 bridgehead atoms. The lowest BCUT2D eigenvalue weighted by molar-refractivity contribution is -0.125. The number of amides is 1. The molecular formula is C13H20N4O. The molecule has 0 aliphatic carbocycles. The third-order valence-electron chi connectivity index (χ3n) is 3.44. The molecule has 0 radical (unpaired) electrons. The van der Waals surface area contributed by atoms with Crippen molar-refractivity contribution in [1.29, 1.82) is 0 Å². The van der Waals surface area contributed by atoms with E-state index in [0.29, 0.717) is 19.1 Å². The number of hydrogen-bond acceptors (Lipinski definition) is 4. The molecule has 5 nitrogen and oxygen atoms in total. The van der Waals surface area contributed by atoms with Crippen LogP contribution >= 0.6 is 0 Å². The highest BCUT2D eigenvalue weighted by molar-refractivity contribution is 5.82. The van der Waals surface area contributed by atoms with E-state index in [2.05, 4.69) is 22.1 Å². The van der Waals surface area contributed by atoms with Crippen LogP contribution < -0.4 is 11.1 Å². The van der Waals surface area contributed by atoms with Gasteiger partial charge in [0.25, 0.3) is 0 Å². The Labute approximate surface area is 107 Å². The first-order valence-corrected chi connectivity index (χ1v) is 6.35. The number of pyridine rings is 1. The fourth-order valence-electron chi connectivity index (χ4n) is 2.36. The fourth-order valence-corrected chi connectivity index (χ4v) is 2.36. The number of carbonyl (C=O) groups is 1. The molecule has 0 spiro atoms. The molecule has 2 atom stereocenters. The predicted octanol–water partition coefficient (Wildman–Crippen LogP) is 0.119. The minimum absolute atomic E-state index is 0.0331. The van der Waals surface area contributed by atoms with Crippen LogP contribution in [-0.2, 0) is 11.3 Å². The van der Waals surface area contributed by atoms with Gasteiger partial charge in [0.15, 0.2) is 0 Å². The molecule has 1 aliphatic heterocycles. The summed E-state index contributed by atoms with van der Waals surface area (Å²) in [4.78, 5) is 18.2. The summed E-state index contributed by atoms with van der Waals surface area (Å²) < 4.78 is 0. The van der Waals surface area contributed by atoms with Crippen molar-refractivity contribution in [3.05, 3.63) is 30.1 Å². The summed E-state index contributed by atoms with van der Waals surface area (Å²) in [5.74, 6) is 0.0331. The molecule has 1 aromatic heterocycles. The summed E-state index contributed by atoms with van der Waals surface area (Å²) in [6, 6.07) is 4.02. The van der Waals surface area contributed by atoms with E-state index >= 15 is 0 Å². The van der Waals surface area contributed by atoms with Crippen molar-refractivity contribution >= 4 is 5.91 Å². The van der Waals surface area contributed by atoms with E-state index in [-0.39, 0.29) is 11.9 Å². The normalized spacial score (nSPS) is 25.6. The zero-order chi connectivity index (χ0) is 13.0. The van der Waals surface area contributed by atoms with E-state index in [9.17, 15) is 4.79 Å². The first-order valence-electron chi connectivity index (χ1n) is 6.35. The number of carbonyl (C=O) groups excluding carboxylic acids is 1. The Morgan fingerprint density at radius 3 is 3.11 bits per heavy atom. The van der Waals surface area contributed by atoms with Gasteiger partial charge in [0, 0.05) is 38.1 Å². The second kappa shape index (κ2) is 5.93. The Kier molecular flexibility index (Phi) is 4.28. The molecular weight excluding hydrogens is 228 g/mol. The van der Waals surface area contributed by atoms with Crippen LogP contribution in [0.1, 0.15) is 18.9 Å². The zero-order valence-corrected chi connectivity index (χ0v) is 10.7. The summed E-state index contributed by atoms with van der Waals surface area (Å²) in [5.41, 5.74) is 6.86. The van der Waals surface area contributed by atoms with E-state index in [1.165, 1.54) is 0 Å². The zero-order valence-electron chi connectivity index (χ0n) is 10.7. The molecule has 0 saturated carbocycles. The fraction of sp³-hybridized carbons (Fsp3) is 0.538. The summed E-state index contributed by atoms with van der Waals surface area (Å²) >= 11 is 0. The average Bonchev–Trinajstić information content (AvgIpc) is 2.51. The predicted molar refractivity (Wildman–Crippen MR) is 69.7 cm³/mol. The molecule has 3 N–H and O–H groups in total. The van der Waals surface area contributed by atoms with Crippen molar-refractivity contribution in [2.45, 2.75) is 32.0 Å². The van der Waals surface area contributed by atoms with Crippen molar-refractivity contribution in [3.63, 3.8) is 0 Å². The SMILES string of the molecule is CC1CCNC(=O)C(CN)N1Cc1cccnc1. The van der Waals surface area contributed by atoms with Crippen molar-refractivity contribution in [2.24, 2.45) is 5.73 Å². The Hall–Kier alpha value is -1.46. The van der Waals surface area contributed by atoms with Gasteiger partial charge >= 0.3 is 0 Å². The van der Waals surface area contributed by atoms with Gasteiger partial charge in [-0.2, -0.15) is 0 Å². The lowest BCUT2D eigenvalue weighted by atomic mass is 10.1. The highest BCUT2D eigenvalue weighted by Crippen LogP contribution is 2.16. The number of nitrogens with one attached hydrogen (secondary N) is 1. The third kappa shape index (κ3) is 2.86. The summed E-state index contributed by atoms with van der Waals surface area (Å²) in [6.45, 7) is 3.92. The first-order chi connectivity index (χ1) is 8.72. The van der Waals surface area contributed by atoms with Gasteiger partial charge in [-0.3, -0.25) is 14.7 Å². The van der Waals surface area contributed by atoms with Gasteiger partial charge < -0.3 is 11.1 Å². The van der Waals surface area contributed by atoms with E-state index in [4.69, 9.17) is 5.73 Å². The van der Waals surface area contributed by atoms with Crippen LogP contribution in [0.2, 0.25) is 0 Å². The van der Waals surface area contributed by atoms with Gasteiger partial charge in [0.1, 0.15) is 6.04 Å². The van der Waals surface area contributed by atoms with Gasteiger partial charge in [-0.25, -0.2) is 0 Å². The van der Waals surface area contributed by atoms with Crippen LogP contribution in [0.4, 0.5) is 0 Å². The van der Waals surface area contributed by atoms with Crippen LogP contribution in [-0.4, -0.2) is 41.0 Å². The first kappa shape index (κ1) is 13.0. The quantitative estimate of drug-likeness (QED) is 0.797. The lowest BCUT2D eigenvalue weighted by Crippen LogP contribution is -2.50. The molecule has 2 heterocycles. The molecule has 1 aromatic rings. The van der Waals surface area contributed by atoms with Crippen LogP contribution in [0.3, 0.4) is 0 Å². The van der Waals surface area contributed by atoms with E-state index in [1.807, 2.05) is 18.3 Å². The van der Waals surface area contributed by atoms with Gasteiger partial charge in [-0.1, -0.05) is 6.07 Å². The van der Waals surface area contributed by atoms with Crippen molar-refractivity contribution in [1.82, 2.24) is 15.2 Å². The largest absolute Gasteiger partial charge is 0.355 e. The second-order valence-electron chi connectivity index (χ2n) is 4.71. The van der Waals surface area contributed by atoms with Gasteiger partial charge in [-0.05, 0) is 25.0 Å². The molecule has 98 valence electrons. The second-order valence-corrected chi connectivity index (χ2v) is 4.71. The molecule has 2 unspecified atom stereocenters. The molecule has 1 fully saturated rings. The monoisotopic (exact) mass is 248 g/mol. The highest BCUT2D eigenvalue weighted by Gasteiger charge is 2.30. The molecule has 2 rings (SSSR count). The third-order valence-corrected chi connectivity index (χ3v) is 3.44. The molecule has 1 aliphatic rings. The van der Waals surface area contributed by atoms with Crippen molar-refractivity contribution in [3.8, 4) is 0 Å². The average molecular weight is 248 g/mol. The maximum Gasteiger partial charge on any atom is 0.238 e. The molecule has 5 heteroatoms. The Balaban J connectivity index is 2.17. The van der Waals surface area contributed by atoms with E-state index in [1.54, 1.807) is 6.20 Å². The standard InChI is InChI=1S/C13H20N4O/c1-10-4-6-16-13(18)12(7-14)17(10)9-11-3-2-5-15-8-11/h2-3,5,8,10,12H,4,6-7,9,14H2,1H3,(H,16,18). The van der Waals surface area contributed by atoms with E-state index in [0.717, 1.165) is 18.5 Å². The van der Waals surface area contributed by atoms with E-state index < -0.39 is 0 Å². The Morgan fingerprint density at radius 2 is 2.44 bits per heavy atom. The number of aromatic nitrogens is 1. The maximum atomic E-state index is 11.9. The molecule has 1 amide bonds. The molecule has 0 aromatic carbocycles. The number of rotatable bonds is 3. The molecule has 18 heavy (non-hydrogen) atoms. The van der Waals surface area contributed by atoms with Gasteiger partial charge in [0.05, 0.1) is 0 Å². The number of nitrogens with zero attached hydrogens (tertiary/aromatic N) is 2. The van der Waals surface area contributed by atoms with Crippen molar-refractivity contribution < 1.29 is 4.79 Å². The smallest absolute Gasteiger partial charge is 0.238 e. The van der Waals surface area contributed by atoms with Crippen LogP contribution in [0.15, 0.2) is 24.5 Å². The van der Waals surface area contributed by atoms with Crippen LogP contribution in [0.5, 0.6) is 0 Å².